The van der Waals surface area contributed by atoms with Crippen LogP contribution in [-0.2, 0) is 31.2 Å². The number of hydrogen-bond acceptors (Lipinski definition) is 5. The van der Waals surface area contributed by atoms with Gasteiger partial charge in [0.05, 0.1) is 32.9 Å². The van der Waals surface area contributed by atoms with Gasteiger partial charge in [-0.1, -0.05) is 131 Å². The molecule has 2 aromatic rings. The van der Waals surface area contributed by atoms with Crippen molar-refractivity contribution in [2.24, 2.45) is 0 Å². The minimum Gasteiger partial charge on any atom is -0.496 e. The van der Waals surface area contributed by atoms with Crippen molar-refractivity contribution < 1.29 is 19.0 Å². The fourth-order valence-electron chi connectivity index (χ4n) is 8.66. The SMILES string of the molecule is CCOC(=O)[C@H]1[C@@H](C#C[Si](C(C)C)(C(C)C)C(C)C)N1C(c1cc(C(C)(C)C)c(OC)c(C(C)(C)C)c1)c1cc(C(C)(C)C)c(OC)c(C(C)(C)C)c1. The number of carbonyl (C=O) groups is 1. The Hall–Kier alpha value is -2.75. The number of esters is 1. The average Bonchev–Trinajstić information content (AvgIpc) is 3.71. The molecule has 0 bridgehead atoms. The van der Waals surface area contributed by atoms with E-state index in [0.717, 1.165) is 44.9 Å². The third kappa shape index (κ3) is 9.04. The fraction of sp³-hybridized carbons (Fsp3) is 0.681. The van der Waals surface area contributed by atoms with E-state index in [2.05, 4.69) is 165 Å². The van der Waals surface area contributed by atoms with Gasteiger partial charge in [0.1, 0.15) is 25.6 Å². The van der Waals surface area contributed by atoms with Gasteiger partial charge in [-0.3, -0.25) is 9.69 Å². The highest BCUT2D eigenvalue weighted by atomic mass is 28.3. The molecular formula is C47H75NO4Si. The molecule has 1 aliphatic heterocycles. The van der Waals surface area contributed by atoms with Gasteiger partial charge in [-0.2, -0.15) is 0 Å². The molecule has 0 amide bonds. The minimum atomic E-state index is -2.09. The van der Waals surface area contributed by atoms with E-state index in [1.54, 1.807) is 14.2 Å². The van der Waals surface area contributed by atoms with Crippen LogP contribution in [0.4, 0.5) is 0 Å². The monoisotopic (exact) mass is 746 g/mol. The second-order valence-electron chi connectivity index (χ2n) is 20.5. The molecule has 1 fully saturated rings. The lowest BCUT2D eigenvalue weighted by Gasteiger charge is -2.38. The van der Waals surface area contributed by atoms with Crippen LogP contribution in [0.15, 0.2) is 24.3 Å². The van der Waals surface area contributed by atoms with E-state index in [1.165, 1.54) is 0 Å². The lowest BCUT2D eigenvalue weighted by atomic mass is 9.75. The van der Waals surface area contributed by atoms with Crippen molar-refractivity contribution in [3.8, 4) is 23.0 Å². The van der Waals surface area contributed by atoms with Crippen LogP contribution in [-0.4, -0.2) is 51.9 Å². The molecule has 3 rings (SSSR count). The molecule has 0 saturated carbocycles. The molecule has 6 heteroatoms. The van der Waals surface area contributed by atoms with E-state index in [-0.39, 0.29) is 39.7 Å². The van der Waals surface area contributed by atoms with Gasteiger partial charge >= 0.3 is 5.97 Å². The van der Waals surface area contributed by atoms with Gasteiger partial charge in [0, 0.05) is 22.3 Å². The number of hydrogen-bond donors (Lipinski definition) is 0. The smallest absolute Gasteiger partial charge is 0.326 e. The topological polar surface area (TPSA) is 47.8 Å². The van der Waals surface area contributed by atoms with Gasteiger partial charge in [-0.15, -0.1) is 5.54 Å². The Morgan fingerprint density at radius 2 is 0.981 bits per heavy atom. The van der Waals surface area contributed by atoms with Crippen LogP contribution >= 0.6 is 0 Å². The lowest BCUT2D eigenvalue weighted by Crippen LogP contribution is -2.43. The van der Waals surface area contributed by atoms with Crippen LogP contribution in [0.1, 0.15) is 171 Å². The molecule has 1 aliphatic rings. The Morgan fingerprint density at radius 1 is 0.660 bits per heavy atom. The number of benzene rings is 2. The number of rotatable bonds is 10. The Morgan fingerprint density at radius 3 is 1.23 bits per heavy atom. The number of ether oxygens (including phenoxy) is 3. The van der Waals surface area contributed by atoms with Crippen molar-refractivity contribution in [3.05, 3.63) is 57.6 Å². The molecule has 296 valence electrons. The summed E-state index contributed by atoms with van der Waals surface area (Å²) in [6.07, 6.45) is 0. The Bertz CT molecular complexity index is 1510. The summed E-state index contributed by atoms with van der Waals surface area (Å²) in [5, 5.41) is 0. The summed E-state index contributed by atoms with van der Waals surface area (Å²) < 4.78 is 18.3. The minimum absolute atomic E-state index is 0.200. The predicted molar refractivity (Wildman–Crippen MR) is 228 cm³/mol. The van der Waals surface area contributed by atoms with Gasteiger partial charge in [-0.05, 0) is 80.6 Å². The van der Waals surface area contributed by atoms with Gasteiger partial charge in [0.2, 0.25) is 0 Å². The molecule has 0 N–H and O–H groups in total. The molecule has 3 atom stereocenters. The van der Waals surface area contributed by atoms with Crippen LogP contribution in [0.3, 0.4) is 0 Å². The Kier molecular flexibility index (Phi) is 13.3. The molecule has 0 radical (unpaired) electrons. The highest BCUT2D eigenvalue weighted by Crippen LogP contribution is 2.51. The maximum atomic E-state index is 14.1. The van der Waals surface area contributed by atoms with E-state index < -0.39 is 14.1 Å². The molecule has 53 heavy (non-hydrogen) atoms. The van der Waals surface area contributed by atoms with Crippen molar-refractivity contribution in [2.75, 3.05) is 20.8 Å². The summed E-state index contributed by atoms with van der Waals surface area (Å²) in [5.41, 5.74) is 11.5. The normalized spacial score (nSPS) is 18.4. The van der Waals surface area contributed by atoms with Crippen molar-refractivity contribution in [1.82, 2.24) is 4.90 Å². The highest BCUT2D eigenvalue weighted by Gasteiger charge is 2.58. The molecular weight excluding hydrogens is 671 g/mol. The summed E-state index contributed by atoms with van der Waals surface area (Å²) in [7, 11) is 1.48. The largest absolute Gasteiger partial charge is 0.496 e. The molecule has 1 unspecified atom stereocenters. The number of nitrogens with zero attached hydrogens (tertiary/aromatic N) is 1. The van der Waals surface area contributed by atoms with Crippen LogP contribution in [0, 0.1) is 11.5 Å². The van der Waals surface area contributed by atoms with Gasteiger partial charge in [0.15, 0.2) is 0 Å². The van der Waals surface area contributed by atoms with E-state index >= 15 is 0 Å². The fourth-order valence-corrected chi connectivity index (χ4v) is 13.9. The van der Waals surface area contributed by atoms with Crippen molar-refractivity contribution in [3.63, 3.8) is 0 Å². The molecule has 0 spiro atoms. The van der Waals surface area contributed by atoms with Crippen LogP contribution in [0.25, 0.3) is 0 Å². The van der Waals surface area contributed by atoms with Gasteiger partial charge in [0.25, 0.3) is 0 Å². The number of carbonyl (C=O) groups excluding carboxylic acids is 1. The molecule has 1 saturated heterocycles. The zero-order valence-corrected chi connectivity index (χ0v) is 38.6. The van der Waals surface area contributed by atoms with Crippen LogP contribution in [0.5, 0.6) is 11.5 Å². The maximum Gasteiger partial charge on any atom is 0.326 e. The quantitative estimate of drug-likeness (QED) is 0.105. The summed E-state index contributed by atoms with van der Waals surface area (Å²) in [6, 6.07) is 8.28. The second kappa shape index (κ2) is 15.8. The standard InChI is InChI=1S/C47H75NO4Si/c1-22-52-43(49)40-38(23-24-53(29(2)3,30(4)5)31(6)7)48(40)39(32-25-34(44(8,9)10)41(50-20)35(26-32)45(11,12)13)33-27-36(46(14,15)16)42(51-21)37(28-33)47(17,18)19/h25-31,38-40H,22H2,1-21H3/t38-,40-,48?/m1/s1. The van der Waals surface area contributed by atoms with Gasteiger partial charge in [-0.25, -0.2) is 0 Å². The zero-order chi connectivity index (χ0) is 40.8. The van der Waals surface area contributed by atoms with Crippen LogP contribution in [0.2, 0.25) is 16.6 Å². The first kappa shape index (κ1) is 44.6. The van der Waals surface area contributed by atoms with E-state index in [4.69, 9.17) is 14.2 Å². The summed E-state index contributed by atoms with van der Waals surface area (Å²) in [4.78, 5) is 16.4. The van der Waals surface area contributed by atoms with E-state index in [9.17, 15) is 4.79 Å². The van der Waals surface area contributed by atoms with Gasteiger partial charge < -0.3 is 14.2 Å². The predicted octanol–water partition coefficient (Wildman–Crippen LogP) is 11.8. The van der Waals surface area contributed by atoms with E-state index in [0.29, 0.717) is 23.2 Å². The molecule has 1 heterocycles. The Labute approximate surface area is 326 Å². The average molecular weight is 746 g/mol. The maximum absolute atomic E-state index is 14.1. The molecule has 0 aromatic heterocycles. The number of methoxy groups -OCH3 is 2. The molecule has 0 aliphatic carbocycles. The lowest BCUT2D eigenvalue weighted by molar-refractivity contribution is -0.143. The zero-order valence-electron chi connectivity index (χ0n) is 37.6. The van der Waals surface area contributed by atoms with E-state index in [1.807, 2.05) is 6.92 Å². The highest BCUT2D eigenvalue weighted by molar-refractivity contribution is 6.90. The summed E-state index contributed by atoms with van der Waals surface area (Å²) >= 11 is 0. The van der Waals surface area contributed by atoms with Crippen LogP contribution < -0.4 is 9.47 Å². The third-order valence-corrected chi connectivity index (χ3v) is 17.8. The summed E-state index contributed by atoms with van der Waals surface area (Å²) in [5.74, 6) is 5.47. The summed E-state index contributed by atoms with van der Waals surface area (Å²) in [6.45, 7) is 43.3. The van der Waals surface area contributed by atoms with Crippen molar-refractivity contribution in [2.45, 2.75) is 188 Å². The molecule has 5 nitrogen and oxygen atoms in total. The third-order valence-electron chi connectivity index (χ3n) is 11.5. The van der Waals surface area contributed by atoms with Crippen molar-refractivity contribution >= 4 is 14.0 Å². The molecule has 2 aromatic carbocycles. The first-order valence-corrected chi connectivity index (χ1v) is 22.3. The Balaban J connectivity index is 2.62. The van der Waals surface area contributed by atoms with Crippen molar-refractivity contribution in [1.29, 1.82) is 0 Å². The first-order chi connectivity index (χ1) is 24.1. The second-order valence-corrected chi connectivity index (χ2v) is 26.0. The first-order valence-electron chi connectivity index (χ1n) is 20.0.